The van der Waals surface area contributed by atoms with Crippen LogP contribution in [-0.4, -0.2) is 40.0 Å². The van der Waals surface area contributed by atoms with E-state index in [4.69, 9.17) is 28.9 Å². The Bertz CT molecular complexity index is 461. The van der Waals surface area contributed by atoms with Crippen LogP contribution in [0.1, 0.15) is 0 Å². The number of benzene rings is 1. The summed E-state index contributed by atoms with van der Waals surface area (Å²) in [5.74, 6) is 0.820. The molecular weight excluding hydrogens is 356 g/mol. The lowest BCUT2D eigenvalue weighted by atomic mass is 10.3. The summed E-state index contributed by atoms with van der Waals surface area (Å²) in [7, 11) is 0. The van der Waals surface area contributed by atoms with Crippen LogP contribution < -0.4 is 4.90 Å². The molecule has 18 heavy (non-hydrogen) atoms. The van der Waals surface area contributed by atoms with Gasteiger partial charge in [0.15, 0.2) is 0 Å². The minimum absolute atomic E-state index is 0.155. The highest BCUT2D eigenvalue weighted by Gasteiger charge is 2.22. The zero-order valence-electron chi connectivity index (χ0n) is 9.47. The van der Waals surface area contributed by atoms with E-state index in [9.17, 15) is 0 Å². The molecule has 1 N–H and O–H groups in total. The van der Waals surface area contributed by atoms with Crippen LogP contribution in [0.2, 0.25) is 5.02 Å². The number of hydrogen-bond donors (Lipinski definition) is 1. The highest BCUT2D eigenvalue weighted by atomic mass is 79.9. The summed E-state index contributed by atoms with van der Waals surface area (Å²) in [6.07, 6.45) is 0. The Kier molecular flexibility index (Phi) is 5.29. The Morgan fingerprint density at radius 2 is 2.28 bits per heavy atom. The minimum Gasteiger partial charge on any atom is -0.395 e. The molecule has 1 aromatic rings. The van der Waals surface area contributed by atoms with Crippen molar-refractivity contribution in [2.24, 2.45) is 0 Å². The molecule has 0 aliphatic carbocycles. The zero-order chi connectivity index (χ0) is 13.1. The number of β-amino-alcohol motifs (C(OH)–C–C–N with tert-alkyl or cyclic N) is 1. The van der Waals surface area contributed by atoms with Crippen molar-refractivity contribution in [1.29, 1.82) is 0 Å². The lowest BCUT2D eigenvalue weighted by Crippen LogP contribution is -2.45. The van der Waals surface area contributed by atoms with Crippen molar-refractivity contribution in [1.82, 2.24) is 4.90 Å². The van der Waals surface area contributed by atoms with E-state index in [2.05, 4.69) is 20.8 Å². The van der Waals surface area contributed by atoms with E-state index < -0.39 is 0 Å². The zero-order valence-corrected chi connectivity index (χ0v) is 13.4. The van der Waals surface area contributed by atoms with E-state index in [0.717, 1.165) is 20.4 Å². The first-order chi connectivity index (χ1) is 8.61. The molecule has 3 nitrogen and oxygen atoms in total. The van der Waals surface area contributed by atoms with Crippen LogP contribution in [-0.2, 0) is 0 Å². The standard InChI is InChI=1S/C11H12BrClN2OS2/c12-9-2-1-8(5-10(9)13)15-6-14(3-4-16)7-18-11(15)17/h1-2,5,16H,3-4,6-7H2. The van der Waals surface area contributed by atoms with Crippen molar-refractivity contribution in [3.05, 3.63) is 27.7 Å². The third-order valence-electron chi connectivity index (χ3n) is 2.56. The number of anilines is 1. The van der Waals surface area contributed by atoms with Crippen LogP contribution in [0.15, 0.2) is 22.7 Å². The maximum absolute atomic E-state index is 8.99. The summed E-state index contributed by atoms with van der Waals surface area (Å²) in [6, 6.07) is 5.78. The Morgan fingerprint density at radius 3 is 2.94 bits per heavy atom. The number of aliphatic hydroxyl groups is 1. The number of thiocarbonyl (C=S) groups is 1. The van der Waals surface area contributed by atoms with Gasteiger partial charge in [0.1, 0.15) is 4.32 Å². The molecular formula is C11H12BrClN2OS2. The van der Waals surface area contributed by atoms with Crippen molar-refractivity contribution in [2.75, 3.05) is 30.6 Å². The molecule has 2 rings (SSSR count). The molecule has 1 aliphatic heterocycles. The minimum atomic E-state index is 0.155. The van der Waals surface area contributed by atoms with Crippen LogP contribution in [0.25, 0.3) is 0 Å². The molecule has 1 aromatic carbocycles. The fraction of sp³-hybridized carbons (Fsp3) is 0.364. The molecule has 1 heterocycles. The maximum atomic E-state index is 8.99. The molecule has 0 aromatic heterocycles. The summed E-state index contributed by atoms with van der Waals surface area (Å²) in [6.45, 7) is 1.49. The summed E-state index contributed by atoms with van der Waals surface area (Å²) in [5.41, 5.74) is 0.975. The second kappa shape index (κ2) is 6.54. The van der Waals surface area contributed by atoms with Crippen molar-refractivity contribution in [2.45, 2.75) is 0 Å². The predicted octanol–water partition coefficient (Wildman–Crippen LogP) is 3.15. The van der Waals surface area contributed by atoms with Crippen LogP contribution in [0.5, 0.6) is 0 Å². The number of halogens is 2. The molecule has 0 amide bonds. The molecule has 0 radical (unpaired) electrons. The Hall–Kier alpha value is 0.150. The third-order valence-corrected chi connectivity index (χ3v) is 5.33. The SMILES string of the molecule is OCCN1CSC(=S)N(c2ccc(Br)c(Cl)c2)C1. The van der Waals surface area contributed by atoms with Gasteiger partial charge in [-0.15, -0.1) is 0 Å². The van der Waals surface area contributed by atoms with E-state index in [1.807, 2.05) is 23.1 Å². The number of nitrogens with zero attached hydrogens (tertiary/aromatic N) is 2. The normalized spacial score (nSPS) is 17.3. The van der Waals surface area contributed by atoms with E-state index in [1.165, 1.54) is 0 Å². The quantitative estimate of drug-likeness (QED) is 0.828. The van der Waals surface area contributed by atoms with Gasteiger partial charge in [-0.2, -0.15) is 0 Å². The van der Waals surface area contributed by atoms with Crippen molar-refractivity contribution < 1.29 is 5.11 Å². The summed E-state index contributed by atoms with van der Waals surface area (Å²) in [4.78, 5) is 4.16. The molecule has 98 valence electrons. The Labute approximate surface area is 129 Å². The van der Waals surface area contributed by atoms with Crippen molar-refractivity contribution >= 4 is 61.5 Å². The molecule has 0 bridgehead atoms. The van der Waals surface area contributed by atoms with Gasteiger partial charge in [0.25, 0.3) is 0 Å². The van der Waals surface area contributed by atoms with E-state index >= 15 is 0 Å². The fourth-order valence-corrected chi connectivity index (χ4v) is 3.21. The lowest BCUT2D eigenvalue weighted by molar-refractivity contribution is 0.219. The van der Waals surface area contributed by atoms with Gasteiger partial charge in [0.05, 0.1) is 24.2 Å². The van der Waals surface area contributed by atoms with E-state index in [1.54, 1.807) is 11.8 Å². The largest absolute Gasteiger partial charge is 0.395 e. The van der Waals surface area contributed by atoms with E-state index in [-0.39, 0.29) is 6.61 Å². The van der Waals surface area contributed by atoms with E-state index in [0.29, 0.717) is 18.2 Å². The molecule has 1 aliphatic rings. The summed E-state index contributed by atoms with van der Waals surface area (Å²) in [5, 5.41) is 9.66. The smallest absolute Gasteiger partial charge is 0.143 e. The van der Waals surface area contributed by atoms with Gasteiger partial charge >= 0.3 is 0 Å². The molecule has 1 fully saturated rings. The first-order valence-corrected chi connectivity index (χ1v) is 7.91. The number of aliphatic hydroxyl groups excluding tert-OH is 1. The molecule has 7 heteroatoms. The fourth-order valence-electron chi connectivity index (χ4n) is 1.64. The second-order valence-electron chi connectivity index (χ2n) is 3.83. The van der Waals surface area contributed by atoms with Gasteiger partial charge in [-0.1, -0.05) is 35.6 Å². The topological polar surface area (TPSA) is 26.7 Å². The van der Waals surface area contributed by atoms with Gasteiger partial charge in [0, 0.05) is 16.7 Å². The highest BCUT2D eigenvalue weighted by Crippen LogP contribution is 2.31. The van der Waals surface area contributed by atoms with Gasteiger partial charge in [-0.3, -0.25) is 4.90 Å². The van der Waals surface area contributed by atoms with Crippen molar-refractivity contribution in [3.63, 3.8) is 0 Å². The molecule has 0 saturated carbocycles. The Balaban J connectivity index is 2.18. The van der Waals surface area contributed by atoms with Gasteiger partial charge in [-0.05, 0) is 34.1 Å². The van der Waals surface area contributed by atoms with Gasteiger partial charge in [0.2, 0.25) is 0 Å². The molecule has 1 saturated heterocycles. The Morgan fingerprint density at radius 1 is 1.50 bits per heavy atom. The lowest BCUT2D eigenvalue weighted by Gasteiger charge is -2.36. The van der Waals surface area contributed by atoms with Crippen LogP contribution >= 0.6 is 51.5 Å². The highest BCUT2D eigenvalue weighted by molar-refractivity contribution is 9.10. The number of thioether (sulfide) groups is 1. The molecule has 0 unspecified atom stereocenters. The maximum Gasteiger partial charge on any atom is 0.143 e. The van der Waals surface area contributed by atoms with Crippen LogP contribution in [0.4, 0.5) is 5.69 Å². The first kappa shape index (κ1) is 14.6. The number of hydrogen-bond acceptors (Lipinski definition) is 4. The first-order valence-electron chi connectivity index (χ1n) is 5.34. The predicted molar refractivity (Wildman–Crippen MR) is 85.3 cm³/mol. The second-order valence-corrected chi connectivity index (χ2v) is 6.67. The summed E-state index contributed by atoms with van der Waals surface area (Å²) >= 11 is 16.4. The van der Waals surface area contributed by atoms with Gasteiger partial charge in [-0.25, -0.2) is 0 Å². The molecule has 0 spiro atoms. The van der Waals surface area contributed by atoms with Gasteiger partial charge < -0.3 is 10.0 Å². The van der Waals surface area contributed by atoms with Crippen molar-refractivity contribution in [3.8, 4) is 0 Å². The summed E-state index contributed by atoms with van der Waals surface area (Å²) < 4.78 is 1.71. The monoisotopic (exact) mass is 366 g/mol. The average Bonchev–Trinajstić information content (AvgIpc) is 2.35. The van der Waals surface area contributed by atoms with Crippen LogP contribution in [0, 0.1) is 0 Å². The average molecular weight is 368 g/mol. The molecule has 0 atom stereocenters. The third kappa shape index (κ3) is 3.37. The van der Waals surface area contributed by atoms with Crippen LogP contribution in [0.3, 0.4) is 0 Å². The number of rotatable bonds is 3.